The van der Waals surface area contributed by atoms with Gasteiger partial charge in [0, 0.05) is 19.3 Å². The van der Waals surface area contributed by atoms with E-state index in [-0.39, 0.29) is 5.78 Å². The van der Waals surface area contributed by atoms with Crippen LogP contribution in [0.1, 0.15) is 30.1 Å². The van der Waals surface area contributed by atoms with Crippen molar-refractivity contribution >= 4 is 11.6 Å². The zero-order chi connectivity index (χ0) is 9.97. The summed E-state index contributed by atoms with van der Waals surface area (Å²) in [6.45, 7) is 3.64. The normalized spacial score (nSPS) is 15.9. The molecule has 2 heterocycles. The Morgan fingerprint density at radius 3 is 2.79 bits per heavy atom. The Bertz CT molecular complexity index is 343. The molecule has 0 radical (unpaired) electrons. The van der Waals surface area contributed by atoms with Crippen LogP contribution in [0.4, 0.5) is 5.82 Å². The van der Waals surface area contributed by atoms with Gasteiger partial charge in [-0.15, -0.1) is 0 Å². The van der Waals surface area contributed by atoms with E-state index in [2.05, 4.69) is 9.88 Å². The molecule has 3 nitrogen and oxygen atoms in total. The number of hydrogen-bond acceptors (Lipinski definition) is 3. The van der Waals surface area contributed by atoms with Crippen LogP contribution in [0.5, 0.6) is 0 Å². The summed E-state index contributed by atoms with van der Waals surface area (Å²) >= 11 is 0. The van der Waals surface area contributed by atoms with Crippen LogP contribution in [0.15, 0.2) is 18.3 Å². The van der Waals surface area contributed by atoms with Crippen LogP contribution in [-0.2, 0) is 0 Å². The van der Waals surface area contributed by atoms with Gasteiger partial charge in [0.05, 0.1) is 5.56 Å². The van der Waals surface area contributed by atoms with Crippen LogP contribution < -0.4 is 4.90 Å². The number of pyridine rings is 1. The van der Waals surface area contributed by atoms with Crippen molar-refractivity contribution in [1.82, 2.24) is 4.98 Å². The molecular weight excluding hydrogens is 176 g/mol. The Labute approximate surface area is 83.8 Å². The molecule has 0 aromatic carbocycles. The van der Waals surface area contributed by atoms with Crippen molar-refractivity contribution in [2.75, 3.05) is 18.0 Å². The lowest BCUT2D eigenvalue weighted by Gasteiger charge is -2.18. The fraction of sp³-hybridized carbons (Fsp3) is 0.455. The smallest absolute Gasteiger partial charge is 0.163 e. The standard InChI is InChI=1S/C11H14N2O/c1-9(14)10-5-4-6-12-11(10)13-7-2-3-8-13/h4-6H,2-3,7-8H2,1H3. The Balaban J connectivity index is 2.35. The average molecular weight is 190 g/mol. The van der Waals surface area contributed by atoms with Gasteiger partial charge in [-0.05, 0) is 31.9 Å². The third kappa shape index (κ3) is 1.62. The SMILES string of the molecule is CC(=O)c1cccnc1N1CCCC1. The summed E-state index contributed by atoms with van der Waals surface area (Å²) in [5, 5.41) is 0. The van der Waals surface area contributed by atoms with E-state index in [1.165, 1.54) is 12.8 Å². The maximum Gasteiger partial charge on any atom is 0.163 e. The molecule has 0 unspecified atom stereocenters. The van der Waals surface area contributed by atoms with E-state index in [9.17, 15) is 4.79 Å². The van der Waals surface area contributed by atoms with Crippen molar-refractivity contribution in [3.8, 4) is 0 Å². The molecule has 1 aliphatic rings. The topological polar surface area (TPSA) is 33.2 Å². The lowest BCUT2D eigenvalue weighted by atomic mass is 10.2. The molecule has 0 saturated carbocycles. The highest BCUT2D eigenvalue weighted by molar-refractivity contribution is 5.98. The molecule has 0 aliphatic carbocycles. The van der Waals surface area contributed by atoms with E-state index in [1.54, 1.807) is 13.1 Å². The van der Waals surface area contributed by atoms with Gasteiger partial charge in [-0.1, -0.05) is 0 Å². The van der Waals surface area contributed by atoms with Crippen LogP contribution in [0.25, 0.3) is 0 Å². The van der Waals surface area contributed by atoms with Crippen molar-refractivity contribution in [3.05, 3.63) is 23.9 Å². The molecule has 0 bridgehead atoms. The van der Waals surface area contributed by atoms with Crippen molar-refractivity contribution < 1.29 is 4.79 Å². The van der Waals surface area contributed by atoms with E-state index in [0.717, 1.165) is 24.5 Å². The lowest BCUT2D eigenvalue weighted by molar-refractivity contribution is 0.101. The van der Waals surface area contributed by atoms with Crippen LogP contribution in [0, 0.1) is 0 Å². The molecular formula is C11H14N2O. The Hall–Kier alpha value is -1.38. The number of aromatic nitrogens is 1. The molecule has 14 heavy (non-hydrogen) atoms. The highest BCUT2D eigenvalue weighted by Gasteiger charge is 2.18. The summed E-state index contributed by atoms with van der Waals surface area (Å²) in [6, 6.07) is 3.67. The predicted octanol–water partition coefficient (Wildman–Crippen LogP) is 1.88. The fourth-order valence-corrected chi connectivity index (χ4v) is 1.85. The third-order valence-electron chi connectivity index (χ3n) is 2.57. The molecule has 74 valence electrons. The number of carbonyl (C=O) groups excluding carboxylic acids is 1. The summed E-state index contributed by atoms with van der Waals surface area (Å²) in [7, 11) is 0. The van der Waals surface area contributed by atoms with Crippen LogP contribution in [0.3, 0.4) is 0 Å². The molecule has 3 heteroatoms. The summed E-state index contributed by atoms with van der Waals surface area (Å²) < 4.78 is 0. The van der Waals surface area contributed by atoms with Crippen molar-refractivity contribution in [2.45, 2.75) is 19.8 Å². The van der Waals surface area contributed by atoms with Crippen molar-refractivity contribution in [3.63, 3.8) is 0 Å². The van der Waals surface area contributed by atoms with Gasteiger partial charge in [0.15, 0.2) is 5.78 Å². The first kappa shape index (κ1) is 9.19. The number of anilines is 1. The molecule has 1 fully saturated rings. The number of Topliss-reactive ketones (excluding diaryl/α,β-unsaturated/α-hetero) is 1. The monoisotopic (exact) mass is 190 g/mol. The molecule has 0 atom stereocenters. The summed E-state index contributed by atoms with van der Waals surface area (Å²) in [5.41, 5.74) is 0.745. The van der Waals surface area contributed by atoms with Gasteiger partial charge >= 0.3 is 0 Å². The highest BCUT2D eigenvalue weighted by atomic mass is 16.1. The van der Waals surface area contributed by atoms with Crippen molar-refractivity contribution in [2.24, 2.45) is 0 Å². The minimum atomic E-state index is 0.0972. The van der Waals surface area contributed by atoms with Gasteiger partial charge in [0.1, 0.15) is 5.82 Å². The molecule has 2 rings (SSSR count). The van der Waals surface area contributed by atoms with E-state index in [0.29, 0.717) is 0 Å². The second kappa shape index (κ2) is 3.78. The molecule has 1 saturated heterocycles. The zero-order valence-electron chi connectivity index (χ0n) is 8.36. The Morgan fingerprint density at radius 2 is 2.14 bits per heavy atom. The first-order chi connectivity index (χ1) is 6.79. The molecule has 0 amide bonds. The quantitative estimate of drug-likeness (QED) is 0.668. The van der Waals surface area contributed by atoms with Crippen LogP contribution in [0.2, 0.25) is 0 Å². The first-order valence-corrected chi connectivity index (χ1v) is 5.00. The van der Waals surface area contributed by atoms with Gasteiger partial charge < -0.3 is 4.90 Å². The number of carbonyl (C=O) groups is 1. The average Bonchev–Trinajstić information content (AvgIpc) is 2.70. The lowest BCUT2D eigenvalue weighted by Crippen LogP contribution is -2.21. The van der Waals surface area contributed by atoms with Gasteiger partial charge in [0.25, 0.3) is 0 Å². The zero-order valence-corrected chi connectivity index (χ0v) is 8.36. The number of nitrogens with zero attached hydrogens (tertiary/aromatic N) is 2. The predicted molar refractivity (Wildman–Crippen MR) is 55.7 cm³/mol. The third-order valence-corrected chi connectivity index (χ3v) is 2.57. The largest absolute Gasteiger partial charge is 0.356 e. The molecule has 1 aromatic heterocycles. The second-order valence-corrected chi connectivity index (χ2v) is 3.62. The number of ketones is 1. The van der Waals surface area contributed by atoms with E-state index in [4.69, 9.17) is 0 Å². The minimum Gasteiger partial charge on any atom is -0.356 e. The van der Waals surface area contributed by atoms with Gasteiger partial charge in [0.2, 0.25) is 0 Å². The molecule has 1 aliphatic heterocycles. The summed E-state index contributed by atoms with van der Waals surface area (Å²) in [6.07, 6.45) is 4.15. The fourth-order valence-electron chi connectivity index (χ4n) is 1.85. The van der Waals surface area contributed by atoms with E-state index in [1.807, 2.05) is 12.1 Å². The maximum absolute atomic E-state index is 11.4. The Morgan fingerprint density at radius 1 is 1.43 bits per heavy atom. The maximum atomic E-state index is 11.4. The van der Waals surface area contributed by atoms with Gasteiger partial charge in [-0.25, -0.2) is 4.98 Å². The summed E-state index contributed by atoms with van der Waals surface area (Å²) in [5.74, 6) is 0.956. The second-order valence-electron chi connectivity index (χ2n) is 3.62. The molecule has 0 N–H and O–H groups in total. The van der Waals surface area contributed by atoms with Gasteiger partial charge in [-0.3, -0.25) is 4.79 Å². The van der Waals surface area contributed by atoms with Crippen molar-refractivity contribution in [1.29, 1.82) is 0 Å². The number of hydrogen-bond donors (Lipinski definition) is 0. The van der Waals surface area contributed by atoms with Crippen LogP contribution in [-0.4, -0.2) is 23.9 Å². The van der Waals surface area contributed by atoms with Gasteiger partial charge in [-0.2, -0.15) is 0 Å². The number of rotatable bonds is 2. The molecule has 0 spiro atoms. The summed E-state index contributed by atoms with van der Waals surface area (Å²) in [4.78, 5) is 17.8. The Kier molecular flexibility index (Phi) is 2.48. The minimum absolute atomic E-state index is 0.0972. The highest BCUT2D eigenvalue weighted by Crippen LogP contribution is 2.21. The van der Waals surface area contributed by atoms with E-state index < -0.39 is 0 Å². The van der Waals surface area contributed by atoms with Crippen LogP contribution >= 0.6 is 0 Å². The first-order valence-electron chi connectivity index (χ1n) is 5.00. The van der Waals surface area contributed by atoms with E-state index >= 15 is 0 Å². The molecule has 1 aromatic rings.